The third kappa shape index (κ3) is 5.49. The van der Waals surface area contributed by atoms with Gasteiger partial charge in [-0.25, -0.2) is 4.79 Å². The Kier molecular flexibility index (Phi) is 7.35. The summed E-state index contributed by atoms with van der Waals surface area (Å²) in [5.74, 6) is -0.133. The average Bonchev–Trinajstić information content (AvgIpc) is 3.06. The standard InChI is InChI=1S/C24H28ClN5O4/c1-24(18-5-3-2-4-6-18)22(32)30(23(33)26-24)27-21(31)17-29-13-11-28(12-14-29)15-16-34-20-9-7-19(25)8-10-20/h2-10H,11-17H2,1H3,(H,26,33)(H,27,31)/t24-/m0/s1. The van der Waals surface area contributed by atoms with Crippen LogP contribution in [0.4, 0.5) is 4.79 Å². The number of nitrogens with zero attached hydrogens (tertiary/aromatic N) is 3. The fourth-order valence-corrected chi connectivity index (χ4v) is 4.19. The molecule has 0 bridgehead atoms. The molecule has 2 aliphatic rings. The van der Waals surface area contributed by atoms with E-state index in [2.05, 4.69) is 15.6 Å². The number of urea groups is 1. The number of carbonyl (C=O) groups excluding carboxylic acids is 3. The van der Waals surface area contributed by atoms with Gasteiger partial charge in [0.1, 0.15) is 17.9 Å². The third-order valence-electron chi connectivity index (χ3n) is 6.10. The van der Waals surface area contributed by atoms with E-state index in [4.69, 9.17) is 16.3 Å². The summed E-state index contributed by atoms with van der Waals surface area (Å²) in [5, 5.41) is 4.13. The molecule has 2 aliphatic heterocycles. The van der Waals surface area contributed by atoms with Crippen LogP contribution in [-0.4, -0.2) is 78.5 Å². The molecule has 2 fully saturated rings. The number of benzene rings is 2. The number of ether oxygens (including phenoxy) is 1. The second kappa shape index (κ2) is 10.4. The van der Waals surface area contributed by atoms with Crippen LogP contribution in [0.2, 0.25) is 5.02 Å². The molecule has 180 valence electrons. The molecule has 4 amide bonds. The maximum absolute atomic E-state index is 12.9. The van der Waals surface area contributed by atoms with Crippen molar-refractivity contribution in [1.29, 1.82) is 0 Å². The number of carbonyl (C=O) groups is 3. The lowest BCUT2D eigenvalue weighted by molar-refractivity contribution is -0.139. The van der Waals surface area contributed by atoms with Crippen LogP contribution in [0.3, 0.4) is 0 Å². The number of nitrogens with one attached hydrogen (secondary N) is 2. The first-order valence-corrected chi connectivity index (χ1v) is 11.6. The lowest BCUT2D eigenvalue weighted by atomic mass is 9.92. The molecule has 0 saturated carbocycles. The Hall–Kier alpha value is -3.14. The Labute approximate surface area is 203 Å². The number of rotatable bonds is 8. The molecular formula is C24H28ClN5O4. The van der Waals surface area contributed by atoms with Gasteiger partial charge in [-0.05, 0) is 36.8 Å². The SMILES string of the molecule is C[C@@]1(c2ccccc2)NC(=O)N(NC(=O)CN2CCN(CCOc3ccc(Cl)cc3)CC2)C1=O. The molecule has 2 N–H and O–H groups in total. The summed E-state index contributed by atoms with van der Waals surface area (Å²) in [7, 11) is 0. The molecule has 34 heavy (non-hydrogen) atoms. The molecular weight excluding hydrogens is 458 g/mol. The smallest absolute Gasteiger partial charge is 0.344 e. The Morgan fingerprint density at radius 2 is 1.68 bits per heavy atom. The number of hydrogen-bond acceptors (Lipinski definition) is 6. The summed E-state index contributed by atoms with van der Waals surface area (Å²) in [5.41, 5.74) is 1.90. The van der Waals surface area contributed by atoms with E-state index < -0.39 is 23.4 Å². The molecule has 0 unspecified atom stereocenters. The Balaban J connectivity index is 1.20. The van der Waals surface area contributed by atoms with Crippen LogP contribution in [0.5, 0.6) is 5.75 Å². The van der Waals surface area contributed by atoms with Crippen molar-refractivity contribution < 1.29 is 19.1 Å². The minimum absolute atomic E-state index is 0.105. The van der Waals surface area contributed by atoms with E-state index >= 15 is 0 Å². The molecule has 0 aliphatic carbocycles. The van der Waals surface area contributed by atoms with E-state index in [0.717, 1.165) is 30.4 Å². The zero-order valence-electron chi connectivity index (χ0n) is 19.0. The van der Waals surface area contributed by atoms with Crippen molar-refractivity contribution in [3.63, 3.8) is 0 Å². The fourth-order valence-electron chi connectivity index (χ4n) is 4.07. The number of halogens is 1. The van der Waals surface area contributed by atoms with Crippen molar-refractivity contribution in [2.24, 2.45) is 0 Å². The Morgan fingerprint density at radius 1 is 1.03 bits per heavy atom. The molecule has 2 saturated heterocycles. The largest absolute Gasteiger partial charge is 0.492 e. The molecule has 0 radical (unpaired) electrons. The highest BCUT2D eigenvalue weighted by atomic mass is 35.5. The molecule has 4 rings (SSSR count). The molecule has 2 heterocycles. The summed E-state index contributed by atoms with van der Waals surface area (Å²) in [6.45, 7) is 6.09. The van der Waals surface area contributed by atoms with Gasteiger partial charge in [0.15, 0.2) is 0 Å². The van der Waals surface area contributed by atoms with Crippen LogP contribution in [0.15, 0.2) is 54.6 Å². The second-order valence-electron chi connectivity index (χ2n) is 8.52. The molecule has 1 atom stereocenters. The van der Waals surface area contributed by atoms with Crippen molar-refractivity contribution in [2.45, 2.75) is 12.5 Å². The van der Waals surface area contributed by atoms with Crippen molar-refractivity contribution >= 4 is 29.4 Å². The molecule has 9 nitrogen and oxygen atoms in total. The Bertz CT molecular complexity index is 1030. The van der Waals surface area contributed by atoms with Crippen LogP contribution in [0, 0.1) is 0 Å². The third-order valence-corrected chi connectivity index (χ3v) is 6.35. The summed E-state index contributed by atoms with van der Waals surface area (Å²) in [6, 6.07) is 15.6. The maximum atomic E-state index is 12.9. The van der Waals surface area contributed by atoms with Gasteiger partial charge in [0.05, 0.1) is 6.54 Å². The summed E-state index contributed by atoms with van der Waals surface area (Å²) < 4.78 is 5.75. The van der Waals surface area contributed by atoms with Gasteiger partial charge in [-0.3, -0.25) is 24.8 Å². The van der Waals surface area contributed by atoms with Gasteiger partial charge in [0.25, 0.3) is 11.8 Å². The zero-order chi connectivity index (χ0) is 24.1. The Morgan fingerprint density at radius 3 is 2.35 bits per heavy atom. The molecule has 2 aromatic rings. The first kappa shape index (κ1) is 24.0. The first-order chi connectivity index (χ1) is 16.3. The van der Waals surface area contributed by atoms with Gasteiger partial charge in [0, 0.05) is 37.7 Å². The minimum Gasteiger partial charge on any atom is -0.492 e. The van der Waals surface area contributed by atoms with E-state index in [1.165, 1.54) is 0 Å². The number of piperazine rings is 1. The summed E-state index contributed by atoms with van der Waals surface area (Å²) in [4.78, 5) is 42.2. The first-order valence-electron chi connectivity index (χ1n) is 11.2. The van der Waals surface area contributed by atoms with Gasteiger partial charge in [-0.15, -0.1) is 0 Å². The number of amides is 4. The second-order valence-corrected chi connectivity index (χ2v) is 8.95. The monoisotopic (exact) mass is 485 g/mol. The lowest BCUT2D eigenvalue weighted by Crippen LogP contribution is -2.54. The van der Waals surface area contributed by atoms with E-state index in [0.29, 0.717) is 30.3 Å². The van der Waals surface area contributed by atoms with Crippen LogP contribution in [0.1, 0.15) is 12.5 Å². The van der Waals surface area contributed by atoms with E-state index in [1.807, 2.05) is 23.1 Å². The van der Waals surface area contributed by atoms with Crippen molar-refractivity contribution in [3.05, 3.63) is 65.2 Å². The van der Waals surface area contributed by atoms with Crippen LogP contribution < -0.4 is 15.5 Å². The van der Waals surface area contributed by atoms with Gasteiger partial charge >= 0.3 is 6.03 Å². The van der Waals surface area contributed by atoms with Crippen molar-refractivity contribution in [2.75, 3.05) is 45.9 Å². The van der Waals surface area contributed by atoms with Crippen molar-refractivity contribution in [3.8, 4) is 5.75 Å². The van der Waals surface area contributed by atoms with Crippen LogP contribution >= 0.6 is 11.6 Å². The highest BCUT2D eigenvalue weighted by molar-refractivity contribution is 6.30. The predicted molar refractivity (Wildman–Crippen MR) is 127 cm³/mol. The maximum Gasteiger partial charge on any atom is 0.344 e. The highest BCUT2D eigenvalue weighted by Gasteiger charge is 2.50. The van der Waals surface area contributed by atoms with Crippen LogP contribution in [-0.2, 0) is 15.1 Å². The molecule has 0 spiro atoms. The minimum atomic E-state index is -1.22. The normalized spacial score (nSPS) is 21.4. The molecule has 2 aromatic carbocycles. The number of hydrazine groups is 1. The fraction of sp³-hybridized carbons (Fsp3) is 0.375. The van der Waals surface area contributed by atoms with Gasteiger partial charge in [0.2, 0.25) is 0 Å². The lowest BCUT2D eigenvalue weighted by Gasteiger charge is -2.34. The van der Waals surface area contributed by atoms with E-state index in [9.17, 15) is 14.4 Å². The zero-order valence-corrected chi connectivity index (χ0v) is 19.8. The molecule has 0 aromatic heterocycles. The highest BCUT2D eigenvalue weighted by Crippen LogP contribution is 2.27. The van der Waals surface area contributed by atoms with E-state index in [1.54, 1.807) is 43.3 Å². The van der Waals surface area contributed by atoms with Gasteiger partial charge in [-0.2, -0.15) is 5.01 Å². The quantitative estimate of drug-likeness (QED) is 0.554. The topological polar surface area (TPSA) is 94.2 Å². The van der Waals surface area contributed by atoms with E-state index in [-0.39, 0.29) is 6.54 Å². The summed E-state index contributed by atoms with van der Waals surface area (Å²) >= 11 is 5.88. The van der Waals surface area contributed by atoms with Gasteiger partial charge in [-0.1, -0.05) is 41.9 Å². The number of hydrogen-bond donors (Lipinski definition) is 2. The summed E-state index contributed by atoms with van der Waals surface area (Å²) in [6.07, 6.45) is 0. The van der Waals surface area contributed by atoms with Crippen molar-refractivity contribution in [1.82, 2.24) is 25.6 Å². The van der Waals surface area contributed by atoms with Crippen LogP contribution in [0.25, 0.3) is 0 Å². The average molecular weight is 486 g/mol. The molecule has 10 heteroatoms. The predicted octanol–water partition coefficient (Wildman–Crippen LogP) is 1.83. The van der Waals surface area contributed by atoms with Gasteiger partial charge < -0.3 is 10.1 Å². The number of imide groups is 1.